The summed E-state index contributed by atoms with van der Waals surface area (Å²) in [5.41, 5.74) is 2.83. The van der Waals surface area contributed by atoms with E-state index in [9.17, 15) is 4.79 Å². The third-order valence-electron chi connectivity index (χ3n) is 5.99. The van der Waals surface area contributed by atoms with Crippen molar-refractivity contribution in [3.05, 3.63) is 47.3 Å². The van der Waals surface area contributed by atoms with Gasteiger partial charge < -0.3 is 15.0 Å². The fourth-order valence-electron chi connectivity index (χ4n) is 4.30. The Kier molecular flexibility index (Phi) is 5.31. The maximum Gasteiger partial charge on any atom is 0.235 e. The number of hydrogen-bond donors (Lipinski definition) is 1. The van der Waals surface area contributed by atoms with Gasteiger partial charge in [0, 0.05) is 26.3 Å². The SMILES string of the molecule is Cc1nc(N2CCCC2)nc(C)c1NC(=O)C1(c2ccccc2)CCOCC1. The average Bonchev–Trinajstić information content (AvgIpc) is 3.26. The summed E-state index contributed by atoms with van der Waals surface area (Å²) in [5.74, 6) is 0.778. The summed E-state index contributed by atoms with van der Waals surface area (Å²) in [6, 6.07) is 10.0. The summed E-state index contributed by atoms with van der Waals surface area (Å²) in [6.45, 7) is 7.07. The number of ether oxygens (including phenoxy) is 1. The van der Waals surface area contributed by atoms with E-state index in [1.807, 2.05) is 44.2 Å². The lowest BCUT2D eigenvalue weighted by Gasteiger charge is -2.36. The molecule has 2 fully saturated rings. The van der Waals surface area contributed by atoms with Gasteiger partial charge in [-0.05, 0) is 45.1 Å². The largest absolute Gasteiger partial charge is 0.381 e. The van der Waals surface area contributed by atoms with Crippen LogP contribution in [0.4, 0.5) is 11.6 Å². The quantitative estimate of drug-likeness (QED) is 0.881. The molecule has 0 spiro atoms. The maximum atomic E-state index is 13.5. The van der Waals surface area contributed by atoms with Crippen molar-refractivity contribution in [2.24, 2.45) is 0 Å². The molecule has 0 atom stereocenters. The molecule has 0 unspecified atom stereocenters. The van der Waals surface area contributed by atoms with Crippen molar-refractivity contribution in [2.75, 3.05) is 36.5 Å². The van der Waals surface area contributed by atoms with Crippen LogP contribution in [0.15, 0.2) is 30.3 Å². The van der Waals surface area contributed by atoms with Crippen LogP contribution < -0.4 is 10.2 Å². The summed E-state index contributed by atoms with van der Waals surface area (Å²) in [5, 5.41) is 3.17. The molecule has 3 heterocycles. The van der Waals surface area contributed by atoms with Gasteiger partial charge in [-0.2, -0.15) is 0 Å². The van der Waals surface area contributed by atoms with Crippen molar-refractivity contribution in [1.29, 1.82) is 0 Å². The molecule has 1 amide bonds. The standard InChI is InChI=1S/C22H28N4O2/c1-16-19(17(2)24-21(23-16)26-12-6-7-13-26)25-20(27)22(10-14-28-15-11-22)18-8-4-3-5-9-18/h3-5,8-9H,6-7,10-15H2,1-2H3,(H,25,27). The summed E-state index contributed by atoms with van der Waals surface area (Å²) >= 11 is 0. The molecule has 28 heavy (non-hydrogen) atoms. The number of aromatic nitrogens is 2. The zero-order chi connectivity index (χ0) is 19.6. The van der Waals surface area contributed by atoms with Crippen molar-refractivity contribution in [1.82, 2.24) is 9.97 Å². The minimum Gasteiger partial charge on any atom is -0.381 e. The smallest absolute Gasteiger partial charge is 0.235 e. The Morgan fingerprint density at radius 3 is 2.25 bits per heavy atom. The van der Waals surface area contributed by atoms with Crippen LogP contribution in [0.3, 0.4) is 0 Å². The third kappa shape index (κ3) is 3.49. The highest BCUT2D eigenvalue weighted by atomic mass is 16.5. The van der Waals surface area contributed by atoms with Gasteiger partial charge in [0.1, 0.15) is 0 Å². The van der Waals surface area contributed by atoms with Crippen molar-refractivity contribution < 1.29 is 9.53 Å². The van der Waals surface area contributed by atoms with E-state index in [0.717, 1.165) is 41.7 Å². The molecule has 1 N–H and O–H groups in total. The third-order valence-corrected chi connectivity index (χ3v) is 5.99. The molecule has 2 aliphatic heterocycles. The van der Waals surface area contributed by atoms with Crippen LogP contribution in [-0.4, -0.2) is 42.2 Å². The Hall–Kier alpha value is -2.47. The highest BCUT2D eigenvalue weighted by Crippen LogP contribution is 2.36. The van der Waals surface area contributed by atoms with Gasteiger partial charge in [0.2, 0.25) is 11.9 Å². The Bertz CT molecular complexity index is 818. The summed E-state index contributed by atoms with van der Waals surface area (Å²) in [7, 11) is 0. The fraction of sp³-hybridized carbons (Fsp3) is 0.500. The Balaban J connectivity index is 1.63. The normalized spacial score (nSPS) is 18.9. The molecule has 4 rings (SSSR count). The zero-order valence-corrected chi connectivity index (χ0v) is 16.7. The fourth-order valence-corrected chi connectivity index (χ4v) is 4.30. The molecule has 1 aromatic carbocycles. The predicted molar refractivity (Wildman–Crippen MR) is 110 cm³/mol. The van der Waals surface area contributed by atoms with E-state index in [0.29, 0.717) is 26.1 Å². The molecule has 0 radical (unpaired) electrons. The lowest BCUT2D eigenvalue weighted by molar-refractivity contribution is -0.125. The molecule has 2 aliphatic rings. The van der Waals surface area contributed by atoms with E-state index in [1.54, 1.807) is 0 Å². The average molecular weight is 380 g/mol. The van der Waals surface area contributed by atoms with Crippen LogP contribution in [0.25, 0.3) is 0 Å². The van der Waals surface area contributed by atoms with E-state index in [1.165, 1.54) is 12.8 Å². The van der Waals surface area contributed by atoms with Gasteiger partial charge in [0.25, 0.3) is 0 Å². The molecular formula is C22H28N4O2. The maximum absolute atomic E-state index is 13.5. The first-order valence-electron chi connectivity index (χ1n) is 10.1. The van der Waals surface area contributed by atoms with E-state index >= 15 is 0 Å². The molecule has 0 aliphatic carbocycles. The number of amides is 1. The van der Waals surface area contributed by atoms with E-state index in [2.05, 4.69) is 20.2 Å². The molecule has 6 heteroatoms. The molecule has 2 aromatic rings. The molecular weight excluding hydrogens is 352 g/mol. The number of benzene rings is 1. The topological polar surface area (TPSA) is 67.4 Å². The van der Waals surface area contributed by atoms with Gasteiger partial charge in [0.05, 0.1) is 22.5 Å². The van der Waals surface area contributed by atoms with Crippen molar-refractivity contribution in [3.8, 4) is 0 Å². The van der Waals surface area contributed by atoms with Gasteiger partial charge >= 0.3 is 0 Å². The number of nitrogens with one attached hydrogen (secondary N) is 1. The Labute approximate surface area is 166 Å². The Morgan fingerprint density at radius 2 is 1.64 bits per heavy atom. The number of nitrogens with zero attached hydrogens (tertiary/aromatic N) is 3. The van der Waals surface area contributed by atoms with Crippen molar-refractivity contribution in [2.45, 2.75) is 44.9 Å². The molecule has 2 saturated heterocycles. The number of aryl methyl sites for hydroxylation is 2. The molecule has 0 saturated carbocycles. The van der Waals surface area contributed by atoms with Gasteiger partial charge in [0.15, 0.2) is 0 Å². The molecule has 148 valence electrons. The van der Waals surface area contributed by atoms with Crippen LogP contribution in [0.2, 0.25) is 0 Å². The second-order valence-corrected chi connectivity index (χ2v) is 7.78. The van der Waals surface area contributed by atoms with Crippen LogP contribution in [0.1, 0.15) is 42.6 Å². The number of anilines is 2. The minimum absolute atomic E-state index is 0.00530. The number of hydrogen-bond acceptors (Lipinski definition) is 5. The van der Waals surface area contributed by atoms with Gasteiger partial charge in [-0.1, -0.05) is 30.3 Å². The van der Waals surface area contributed by atoms with Crippen LogP contribution in [0, 0.1) is 13.8 Å². The van der Waals surface area contributed by atoms with Gasteiger partial charge in [-0.25, -0.2) is 9.97 Å². The number of rotatable bonds is 4. The number of carbonyl (C=O) groups excluding carboxylic acids is 1. The monoisotopic (exact) mass is 380 g/mol. The zero-order valence-electron chi connectivity index (χ0n) is 16.7. The second-order valence-electron chi connectivity index (χ2n) is 7.78. The van der Waals surface area contributed by atoms with Crippen LogP contribution in [0.5, 0.6) is 0 Å². The predicted octanol–water partition coefficient (Wildman–Crippen LogP) is 3.38. The summed E-state index contributed by atoms with van der Waals surface area (Å²) in [4.78, 5) is 25.1. The van der Waals surface area contributed by atoms with E-state index in [-0.39, 0.29) is 5.91 Å². The number of carbonyl (C=O) groups is 1. The highest BCUT2D eigenvalue weighted by molar-refractivity contribution is 6.00. The second kappa shape index (κ2) is 7.87. The first kappa shape index (κ1) is 18.9. The molecule has 0 bridgehead atoms. The lowest BCUT2D eigenvalue weighted by atomic mass is 9.73. The van der Waals surface area contributed by atoms with E-state index < -0.39 is 5.41 Å². The molecule has 1 aromatic heterocycles. The van der Waals surface area contributed by atoms with E-state index in [4.69, 9.17) is 4.74 Å². The van der Waals surface area contributed by atoms with Crippen molar-refractivity contribution >= 4 is 17.5 Å². The lowest BCUT2D eigenvalue weighted by Crippen LogP contribution is -2.45. The first-order chi connectivity index (χ1) is 13.6. The van der Waals surface area contributed by atoms with Gasteiger partial charge in [-0.3, -0.25) is 4.79 Å². The summed E-state index contributed by atoms with van der Waals surface area (Å²) < 4.78 is 5.56. The Morgan fingerprint density at radius 1 is 1.04 bits per heavy atom. The molecule has 6 nitrogen and oxygen atoms in total. The van der Waals surface area contributed by atoms with Crippen LogP contribution >= 0.6 is 0 Å². The highest BCUT2D eigenvalue weighted by Gasteiger charge is 2.42. The summed E-state index contributed by atoms with van der Waals surface area (Å²) in [6.07, 6.45) is 3.71. The first-order valence-corrected chi connectivity index (χ1v) is 10.1. The van der Waals surface area contributed by atoms with Gasteiger partial charge in [-0.15, -0.1) is 0 Å². The van der Waals surface area contributed by atoms with Crippen molar-refractivity contribution in [3.63, 3.8) is 0 Å². The minimum atomic E-state index is -0.577. The van der Waals surface area contributed by atoms with Crippen LogP contribution in [-0.2, 0) is 14.9 Å².